The fourth-order valence-electron chi connectivity index (χ4n) is 3.74. The molecule has 0 radical (unpaired) electrons. The Bertz CT molecular complexity index is 527. The number of aliphatic hydroxyl groups excluding tert-OH is 2. The molecule has 1 aromatic rings. The van der Waals surface area contributed by atoms with Crippen LogP contribution < -0.4 is 0 Å². The fraction of sp³-hybridized carbons (Fsp3) is 0.588. The number of rotatable bonds is 4. The van der Waals surface area contributed by atoms with Gasteiger partial charge in [0.15, 0.2) is 0 Å². The van der Waals surface area contributed by atoms with Crippen LogP contribution in [0.25, 0.3) is 0 Å². The number of nitrogens with zero attached hydrogens (tertiary/aromatic N) is 1. The van der Waals surface area contributed by atoms with Crippen LogP contribution in [0.15, 0.2) is 30.3 Å². The van der Waals surface area contributed by atoms with Crippen molar-refractivity contribution in [1.82, 2.24) is 4.90 Å². The molecule has 5 nitrogen and oxygen atoms in total. The van der Waals surface area contributed by atoms with Gasteiger partial charge in [-0.25, -0.2) is 0 Å². The second-order valence-electron chi connectivity index (χ2n) is 6.37. The minimum Gasteiger partial charge on any atom is -0.462 e. The molecule has 23 heavy (non-hydrogen) atoms. The Morgan fingerprint density at radius 2 is 2.00 bits per heavy atom. The zero-order chi connectivity index (χ0) is 15.7. The Kier molecular flexibility index (Phi) is 6.03. The van der Waals surface area contributed by atoms with E-state index in [0.29, 0.717) is 6.42 Å². The largest absolute Gasteiger partial charge is 0.462 e. The van der Waals surface area contributed by atoms with Gasteiger partial charge in [0.1, 0.15) is 12.0 Å². The van der Waals surface area contributed by atoms with E-state index in [1.165, 1.54) is 0 Å². The molecule has 0 unspecified atom stereocenters. The number of hydrogen-bond acceptors (Lipinski definition) is 5. The highest BCUT2D eigenvalue weighted by Crippen LogP contribution is 2.36. The number of esters is 1. The highest BCUT2D eigenvalue weighted by molar-refractivity contribution is 5.85. The topological polar surface area (TPSA) is 70.0 Å². The van der Waals surface area contributed by atoms with Crippen molar-refractivity contribution >= 4 is 18.4 Å². The zero-order valence-electron chi connectivity index (χ0n) is 13.2. The molecule has 2 bridgehead atoms. The highest BCUT2D eigenvalue weighted by Gasteiger charge is 2.45. The number of carbonyl (C=O) groups excluding carboxylic acids is 1. The first-order chi connectivity index (χ1) is 10.6. The molecule has 0 aromatic heterocycles. The van der Waals surface area contributed by atoms with Crippen LogP contribution in [0.3, 0.4) is 0 Å². The minimum atomic E-state index is -0.636. The van der Waals surface area contributed by atoms with Gasteiger partial charge >= 0.3 is 5.97 Å². The van der Waals surface area contributed by atoms with Gasteiger partial charge in [-0.15, -0.1) is 12.4 Å². The monoisotopic (exact) mass is 341 g/mol. The minimum absolute atomic E-state index is 0. The Morgan fingerprint density at radius 1 is 1.30 bits per heavy atom. The van der Waals surface area contributed by atoms with Crippen molar-refractivity contribution < 1.29 is 19.7 Å². The molecule has 1 aromatic carbocycles. The summed E-state index contributed by atoms with van der Waals surface area (Å²) in [6, 6.07) is 9.56. The molecule has 0 amide bonds. The predicted octanol–water partition coefficient (Wildman–Crippen LogP) is 1.32. The van der Waals surface area contributed by atoms with Crippen LogP contribution in [0, 0.1) is 0 Å². The predicted molar refractivity (Wildman–Crippen MR) is 88.6 cm³/mol. The normalized spacial score (nSPS) is 31.3. The summed E-state index contributed by atoms with van der Waals surface area (Å²) in [5.41, 5.74) is 0.769. The number of halogens is 1. The van der Waals surface area contributed by atoms with Gasteiger partial charge in [0.2, 0.25) is 0 Å². The van der Waals surface area contributed by atoms with E-state index < -0.39 is 5.92 Å². The molecule has 0 saturated carbocycles. The summed E-state index contributed by atoms with van der Waals surface area (Å²) in [5.74, 6) is -1.01. The van der Waals surface area contributed by atoms with E-state index in [9.17, 15) is 15.0 Å². The van der Waals surface area contributed by atoms with E-state index in [1.54, 1.807) is 0 Å². The summed E-state index contributed by atoms with van der Waals surface area (Å²) in [6.07, 6.45) is 1.66. The number of carbonyl (C=O) groups is 1. The molecule has 2 saturated heterocycles. The van der Waals surface area contributed by atoms with Crippen LogP contribution in [-0.2, 0) is 9.53 Å². The average molecular weight is 342 g/mol. The maximum Gasteiger partial charge on any atom is 0.316 e. The number of likely N-dealkylation sites (N-methyl/N-ethyl adjacent to an activating group) is 1. The summed E-state index contributed by atoms with van der Waals surface area (Å²) >= 11 is 0. The number of ether oxygens (including phenoxy) is 1. The van der Waals surface area contributed by atoms with Crippen molar-refractivity contribution in [3.05, 3.63) is 35.9 Å². The van der Waals surface area contributed by atoms with Gasteiger partial charge in [-0.1, -0.05) is 30.3 Å². The van der Waals surface area contributed by atoms with E-state index in [2.05, 4.69) is 4.90 Å². The summed E-state index contributed by atoms with van der Waals surface area (Å²) < 4.78 is 5.64. The Balaban J connectivity index is 0.00000192. The van der Waals surface area contributed by atoms with E-state index in [4.69, 9.17) is 4.74 Å². The molecule has 128 valence electrons. The first-order valence-corrected chi connectivity index (χ1v) is 7.86. The van der Waals surface area contributed by atoms with Gasteiger partial charge in [0.05, 0.1) is 12.7 Å². The van der Waals surface area contributed by atoms with Crippen LogP contribution in [0.5, 0.6) is 0 Å². The summed E-state index contributed by atoms with van der Waals surface area (Å²) in [4.78, 5) is 14.6. The second-order valence-corrected chi connectivity index (χ2v) is 6.37. The maximum absolute atomic E-state index is 12.4. The van der Waals surface area contributed by atoms with Crippen LogP contribution in [0.2, 0.25) is 0 Å². The molecule has 6 heteroatoms. The third-order valence-electron chi connectivity index (χ3n) is 5.05. The molecule has 0 spiro atoms. The number of fused-ring (bicyclic) bond motifs is 2. The summed E-state index contributed by atoms with van der Waals surface area (Å²) in [6.45, 7) is -0.259. The Morgan fingerprint density at radius 3 is 2.61 bits per heavy atom. The Labute approximate surface area is 142 Å². The van der Waals surface area contributed by atoms with Crippen molar-refractivity contribution in [2.45, 2.75) is 49.5 Å². The van der Waals surface area contributed by atoms with Crippen LogP contribution in [-0.4, -0.2) is 59.0 Å². The second kappa shape index (κ2) is 7.62. The molecular formula is C17H24ClNO4. The summed E-state index contributed by atoms with van der Waals surface area (Å²) in [7, 11) is 2.02. The van der Waals surface area contributed by atoms with Crippen LogP contribution in [0.1, 0.15) is 30.7 Å². The molecule has 2 heterocycles. The lowest BCUT2D eigenvalue weighted by molar-refractivity contribution is -0.155. The molecule has 2 aliphatic rings. The standard InChI is InChI=1S/C17H23NO4.ClH/c1-18-12-7-13(9-15(18)16(20)8-12)22-17(21)14(10-19)11-5-3-2-4-6-11;/h2-6,12-16,19-20H,7-10H2,1H3;1H/t12-,13-,14+,15-,16-;/m0./s1. The number of aliphatic hydroxyl groups is 2. The molecule has 3 rings (SSSR count). The first-order valence-electron chi connectivity index (χ1n) is 7.86. The van der Waals surface area contributed by atoms with Gasteiger partial charge in [-0.3, -0.25) is 9.69 Å². The SMILES string of the molecule is CN1[C@H]2C[C@H](OC(=O)[C@H](CO)c3ccccc3)C[C@H]1[C@@H](O)C2.Cl. The van der Waals surface area contributed by atoms with E-state index in [1.807, 2.05) is 37.4 Å². The number of hydrogen-bond donors (Lipinski definition) is 2. The number of piperidine rings is 1. The molecule has 2 aliphatic heterocycles. The zero-order valence-corrected chi connectivity index (χ0v) is 14.0. The van der Waals surface area contributed by atoms with E-state index in [-0.39, 0.29) is 49.3 Å². The number of benzene rings is 1. The fourth-order valence-corrected chi connectivity index (χ4v) is 3.74. The Hall–Kier alpha value is -1.14. The van der Waals surface area contributed by atoms with Crippen molar-refractivity contribution in [2.24, 2.45) is 0 Å². The maximum atomic E-state index is 12.4. The quantitative estimate of drug-likeness (QED) is 0.808. The van der Waals surface area contributed by atoms with Gasteiger partial charge in [-0.2, -0.15) is 0 Å². The smallest absolute Gasteiger partial charge is 0.316 e. The summed E-state index contributed by atoms with van der Waals surface area (Å²) in [5, 5.41) is 19.6. The molecule has 2 N–H and O–H groups in total. The van der Waals surface area contributed by atoms with Crippen LogP contribution >= 0.6 is 12.4 Å². The lowest BCUT2D eigenvalue weighted by Crippen LogP contribution is -2.45. The van der Waals surface area contributed by atoms with Crippen LogP contribution in [0.4, 0.5) is 0 Å². The van der Waals surface area contributed by atoms with Gasteiger partial charge < -0.3 is 14.9 Å². The van der Waals surface area contributed by atoms with Crippen molar-refractivity contribution in [3.63, 3.8) is 0 Å². The molecule has 2 fully saturated rings. The van der Waals surface area contributed by atoms with Gasteiger partial charge in [0.25, 0.3) is 0 Å². The van der Waals surface area contributed by atoms with Gasteiger partial charge in [0, 0.05) is 24.9 Å². The molecule has 5 atom stereocenters. The lowest BCUT2D eigenvalue weighted by Gasteiger charge is -2.36. The first kappa shape index (κ1) is 18.2. The average Bonchev–Trinajstić information content (AvgIpc) is 2.68. The van der Waals surface area contributed by atoms with Gasteiger partial charge in [-0.05, 0) is 19.0 Å². The van der Waals surface area contributed by atoms with Crippen molar-refractivity contribution in [1.29, 1.82) is 0 Å². The molecular weight excluding hydrogens is 318 g/mol. The molecule has 0 aliphatic carbocycles. The van der Waals surface area contributed by atoms with E-state index >= 15 is 0 Å². The van der Waals surface area contributed by atoms with E-state index in [0.717, 1.165) is 18.4 Å². The third kappa shape index (κ3) is 3.69. The highest BCUT2D eigenvalue weighted by atomic mass is 35.5. The lowest BCUT2D eigenvalue weighted by atomic mass is 9.98. The third-order valence-corrected chi connectivity index (χ3v) is 5.05. The van der Waals surface area contributed by atoms with Crippen molar-refractivity contribution in [2.75, 3.05) is 13.7 Å². The van der Waals surface area contributed by atoms with Crippen molar-refractivity contribution in [3.8, 4) is 0 Å².